The maximum atomic E-state index is 9.45. The Hall–Kier alpha value is -1.76. The number of benzene rings is 2. The third kappa shape index (κ3) is 3.22. The Morgan fingerprint density at radius 3 is 1.55 bits per heavy atom. The van der Waals surface area contributed by atoms with Gasteiger partial charge in [-0.3, -0.25) is 0 Å². The number of phenols is 1. The van der Waals surface area contributed by atoms with Crippen LogP contribution in [0.4, 0.5) is 0 Å². The summed E-state index contributed by atoms with van der Waals surface area (Å²) in [4.78, 5) is 0. The highest BCUT2D eigenvalue weighted by Crippen LogP contribution is 2.38. The van der Waals surface area contributed by atoms with Gasteiger partial charge in [-0.1, -0.05) is 55.8 Å². The van der Waals surface area contributed by atoms with Gasteiger partial charge in [-0.2, -0.15) is 0 Å². The Morgan fingerprint density at radius 2 is 1.15 bits per heavy atom. The molecular weight excluding hydrogens is 244 g/mol. The van der Waals surface area contributed by atoms with Crippen molar-refractivity contribution in [3.8, 4) is 5.75 Å². The molecule has 0 amide bonds. The van der Waals surface area contributed by atoms with E-state index in [0.29, 0.717) is 17.6 Å². The number of hydrogen-bond acceptors (Lipinski definition) is 1. The highest BCUT2D eigenvalue weighted by Gasteiger charge is 2.21. The van der Waals surface area contributed by atoms with Gasteiger partial charge in [-0.05, 0) is 54.9 Å². The molecule has 2 aromatic rings. The fourth-order valence-corrected chi connectivity index (χ4v) is 3.04. The first kappa shape index (κ1) is 14.6. The van der Waals surface area contributed by atoms with E-state index in [9.17, 15) is 5.11 Å². The van der Waals surface area contributed by atoms with Gasteiger partial charge in [0.05, 0.1) is 0 Å². The van der Waals surface area contributed by atoms with Crippen molar-refractivity contribution in [2.24, 2.45) is 0 Å². The highest BCUT2D eigenvalue weighted by atomic mass is 16.3. The second-order valence-corrected chi connectivity index (χ2v) is 5.53. The van der Waals surface area contributed by atoms with Crippen molar-refractivity contribution in [2.45, 2.75) is 45.4 Å². The monoisotopic (exact) mass is 268 g/mol. The number of aromatic hydroxyl groups is 1. The molecule has 1 nitrogen and oxygen atoms in total. The first-order chi connectivity index (χ1) is 9.65. The summed E-state index contributed by atoms with van der Waals surface area (Å²) in [6.45, 7) is 6.63. The minimum atomic E-state index is 0.340. The molecule has 1 N–H and O–H groups in total. The van der Waals surface area contributed by atoms with Gasteiger partial charge < -0.3 is 5.11 Å². The lowest BCUT2D eigenvalue weighted by atomic mass is 9.78. The van der Waals surface area contributed by atoms with Crippen LogP contribution in [0.15, 0.2) is 48.5 Å². The molecule has 106 valence electrons. The second kappa shape index (κ2) is 6.60. The molecule has 0 heterocycles. The fourth-order valence-electron chi connectivity index (χ4n) is 3.04. The Bertz CT molecular complexity index is 473. The van der Waals surface area contributed by atoms with E-state index in [-0.39, 0.29) is 0 Å². The van der Waals surface area contributed by atoms with Crippen molar-refractivity contribution < 1.29 is 5.11 Å². The van der Waals surface area contributed by atoms with Crippen molar-refractivity contribution in [1.82, 2.24) is 0 Å². The average molecular weight is 268 g/mol. The third-order valence-corrected chi connectivity index (χ3v) is 4.19. The second-order valence-electron chi connectivity index (χ2n) is 5.53. The summed E-state index contributed by atoms with van der Waals surface area (Å²) >= 11 is 0. The molecule has 2 atom stereocenters. The smallest absolute Gasteiger partial charge is 0.115 e. The number of aryl methyl sites for hydroxylation is 1. The van der Waals surface area contributed by atoms with Crippen LogP contribution in [-0.2, 0) is 0 Å². The van der Waals surface area contributed by atoms with E-state index in [1.54, 1.807) is 12.1 Å². The first-order valence-electron chi connectivity index (χ1n) is 7.51. The van der Waals surface area contributed by atoms with Crippen LogP contribution >= 0.6 is 0 Å². The SMILES string of the molecule is CCC(c1ccc(C)cc1)C(CC)c1ccc(O)cc1. The van der Waals surface area contributed by atoms with Crippen LogP contribution in [0.3, 0.4) is 0 Å². The first-order valence-corrected chi connectivity index (χ1v) is 7.51. The molecule has 0 fully saturated rings. The fraction of sp³-hybridized carbons (Fsp3) is 0.368. The van der Waals surface area contributed by atoms with E-state index in [1.165, 1.54) is 16.7 Å². The topological polar surface area (TPSA) is 20.2 Å². The van der Waals surface area contributed by atoms with Crippen LogP contribution in [-0.4, -0.2) is 5.11 Å². The van der Waals surface area contributed by atoms with Crippen molar-refractivity contribution in [1.29, 1.82) is 0 Å². The highest BCUT2D eigenvalue weighted by molar-refractivity contribution is 5.33. The molecule has 20 heavy (non-hydrogen) atoms. The molecule has 0 bridgehead atoms. The molecule has 1 heteroatoms. The summed E-state index contributed by atoms with van der Waals surface area (Å²) in [6, 6.07) is 16.6. The van der Waals surface area contributed by atoms with Crippen LogP contribution < -0.4 is 0 Å². The molecule has 2 aromatic carbocycles. The van der Waals surface area contributed by atoms with Gasteiger partial charge in [0.2, 0.25) is 0 Å². The molecule has 2 unspecified atom stereocenters. The summed E-state index contributed by atoms with van der Waals surface area (Å²) < 4.78 is 0. The van der Waals surface area contributed by atoms with Crippen LogP contribution in [0.2, 0.25) is 0 Å². The standard InChI is InChI=1S/C19H24O/c1-4-18(15-8-6-14(3)7-9-15)19(5-2)16-10-12-17(20)13-11-16/h6-13,18-20H,4-5H2,1-3H3. The minimum absolute atomic E-state index is 0.340. The predicted octanol–water partition coefficient (Wildman–Crippen LogP) is 5.39. The Labute approximate surface area is 122 Å². The molecule has 0 saturated carbocycles. The maximum Gasteiger partial charge on any atom is 0.115 e. The summed E-state index contributed by atoms with van der Waals surface area (Å²) in [5, 5.41) is 9.45. The molecule has 0 radical (unpaired) electrons. The van der Waals surface area contributed by atoms with Gasteiger partial charge in [0.15, 0.2) is 0 Å². The largest absolute Gasteiger partial charge is 0.508 e. The van der Waals surface area contributed by atoms with Gasteiger partial charge in [-0.15, -0.1) is 0 Å². The number of hydrogen-bond donors (Lipinski definition) is 1. The Balaban J connectivity index is 2.32. The zero-order valence-electron chi connectivity index (χ0n) is 12.6. The van der Waals surface area contributed by atoms with Crippen LogP contribution in [0.1, 0.15) is 55.2 Å². The van der Waals surface area contributed by atoms with Crippen LogP contribution in [0.5, 0.6) is 5.75 Å². The maximum absolute atomic E-state index is 9.45. The van der Waals surface area contributed by atoms with Gasteiger partial charge in [0, 0.05) is 0 Å². The Kier molecular flexibility index (Phi) is 4.84. The molecule has 0 aliphatic carbocycles. The number of phenolic OH excluding ortho intramolecular Hbond substituents is 1. The van der Waals surface area contributed by atoms with E-state index in [0.717, 1.165) is 12.8 Å². The normalized spacial score (nSPS) is 13.9. The van der Waals surface area contributed by atoms with Crippen molar-refractivity contribution in [2.75, 3.05) is 0 Å². The van der Waals surface area contributed by atoms with Gasteiger partial charge in [-0.25, -0.2) is 0 Å². The minimum Gasteiger partial charge on any atom is -0.508 e. The molecule has 0 aliphatic rings. The zero-order valence-corrected chi connectivity index (χ0v) is 12.6. The van der Waals surface area contributed by atoms with E-state index in [2.05, 4.69) is 57.2 Å². The lowest BCUT2D eigenvalue weighted by Crippen LogP contribution is -2.10. The van der Waals surface area contributed by atoms with Crippen LogP contribution in [0, 0.1) is 6.92 Å². The summed E-state index contributed by atoms with van der Waals surface area (Å²) in [5.41, 5.74) is 4.04. The van der Waals surface area contributed by atoms with E-state index < -0.39 is 0 Å². The Morgan fingerprint density at radius 1 is 0.750 bits per heavy atom. The molecule has 0 saturated heterocycles. The van der Waals surface area contributed by atoms with Crippen molar-refractivity contribution >= 4 is 0 Å². The van der Waals surface area contributed by atoms with Crippen LogP contribution in [0.25, 0.3) is 0 Å². The van der Waals surface area contributed by atoms with E-state index in [1.807, 2.05) is 0 Å². The summed E-state index contributed by atoms with van der Waals surface area (Å²) in [6.07, 6.45) is 2.24. The lowest BCUT2D eigenvalue weighted by Gasteiger charge is -2.26. The molecule has 0 spiro atoms. The average Bonchev–Trinajstić information content (AvgIpc) is 2.47. The van der Waals surface area contributed by atoms with E-state index in [4.69, 9.17) is 0 Å². The third-order valence-electron chi connectivity index (χ3n) is 4.19. The van der Waals surface area contributed by atoms with Gasteiger partial charge in [0.1, 0.15) is 5.75 Å². The van der Waals surface area contributed by atoms with Crippen molar-refractivity contribution in [3.63, 3.8) is 0 Å². The quantitative estimate of drug-likeness (QED) is 0.771. The molecule has 0 aromatic heterocycles. The van der Waals surface area contributed by atoms with Gasteiger partial charge in [0.25, 0.3) is 0 Å². The molecule has 0 aliphatic heterocycles. The summed E-state index contributed by atoms with van der Waals surface area (Å²) in [5.74, 6) is 1.38. The van der Waals surface area contributed by atoms with Crippen molar-refractivity contribution in [3.05, 3.63) is 65.2 Å². The molecule has 2 rings (SSSR count). The van der Waals surface area contributed by atoms with E-state index >= 15 is 0 Å². The lowest BCUT2D eigenvalue weighted by molar-refractivity contribution is 0.473. The number of rotatable bonds is 5. The summed E-state index contributed by atoms with van der Waals surface area (Å²) in [7, 11) is 0. The zero-order chi connectivity index (χ0) is 14.5. The predicted molar refractivity (Wildman–Crippen MR) is 85.3 cm³/mol. The molecular formula is C19H24O. The van der Waals surface area contributed by atoms with Gasteiger partial charge >= 0.3 is 0 Å².